The van der Waals surface area contributed by atoms with Crippen LogP contribution in [0.5, 0.6) is 5.75 Å². The van der Waals surface area contributed by atoms with Gasteiger partial charge < -0.3 is 14.5 Å². The molecule has 1 aliphatic heterocycles. The maximum absolute atomic E-state index is 12.7. The van der Waals surface area contributed by atoms with Crippen molar-refractivity contribution in [3.05, 3.63) is 76.3 Å². The molecular formula is C22H21N5O4. The van der Waals surface area contributed by atoms with Crippen LogP contribution in [0, 0.1) is 10.1 Å². The zero-order chi connectivity index (χ0) is 21.8. The zero-order valence-corrected chi connectivity index (χ0v) is 17.0. The molecule has 1 saturated heterocycles. The number of aromatic nitrogens is 2. The Morgan fingerprint density at radius 2 is 1.77 bits per heavy atom. The summed E-state index contributed by atoms with van der Waals surface area (Å²) in [6, 6.07) is 17.3. The Kier molecular flexibility index (Phi) is 5.74. The van der Waals surface area contributed by atoms with Crippen LogP contribution in [0.3, 0.4) is 0 Å². The van der Waals surface area contributed by atoms with Gasteiger partial charge in [0.15, 0.2) is 5.82 Å². The van der Waals surface area contributed by atoms with Crippen molar-refractivity contribution in [2.45, 2.75) is 0 Å². The van der Waals surface area contributed by atoms with Gasteiger partial charge in [-0.05, 0) is 30.3 Å². The highest BCUT2D eigenvalue weighted by molar-refractivity contribution is 5.95. The van der Waals surface area contributed by atoms with Crippen molar-refractivity contribution < 1.29 is 14.5 Å². The van der Waals surface area contributed by atoms with E-state index in [9.17, 15) is 14.9 Å². The molecule has 9 heteroatoms. The van der Waals surface area contributed by atoms with Crippen molar-refractivity contribution >= 4 is 17.4 Å². The first-order valence-corrected chi connectivity index (χ1v) is 9.82. The standard InChI is InChI=1S/C22H21N5O4/c1-31-19-7-3-4-16(15-19)20-8-9-21(24-23-20)25-10-12-26(13-11-25)22(28)17-5-2-6-18(14-17)27(29)30/h2-9,14-15H,10-13H2,1H3. The van der Waals surface area contributed by atoms with Crippen molar-refractivity contribution in [2.24, 2.45) is 0 Å². The number of nitro groups is 1. The molecule has 2 aromatic carbocycles. The van der Waals surface area contributed by atoms with Crippen LogP contribution in [0.15, 0.2) is 60.7 Å². The van der Waals surface area contributed by atoms with Gasteiger partial charge in [-0.3, -0.25) is 14.9 Å². The van der Waals surface area contributed by atoms with E-state index in [-0.39, 0.29) is 11.6 Å². The van der Waals surface area contributed by atoms with E-state index in [4.69, 9.17) is 4.74 Å². The van der Waals surface area contributed by atoms with Crippen LogP contribution < -0.4 is 9.64 Å². The van der Waals surface area contributed by atoms with Crippen LogP contribution in [-0.2, 0) is 0 Å². The van der Waals surface area contributed by atoms with Gasteiger partial charge in [-0.1, -0.05) is 18.2 Å². The predicted octanol–water partition coefficient (Wildman–Crippen LogP) is 3.02. The second kappa shape index (κ2) is 8.78. The number of methoxy groups -OCH3 is 1. The second-order valence-corrected chi connectivity index (χ2v) is 7.10. The number of benzene rings is 2. The van der Waals surface area contributed by atoms with E-state index in [0.717, 1.165) is 22.8 Å². The van der Waals surface area contributed by atoms with E-state index < -0.39 is 4.92 Å². The number of anilines is 1. The third kappa shape index (κ3) is 4.45. The fourth-order valence-electron chi connectivity index (χ4n) is 3.50. The smallest absolute Gasteiger partial charge is 0.270 e. The lowest BCUT2D eigenvalue weighted by Gasteiger charge is -2.35. The Bertz CT molecular complexity index is 1100. The maximum atomic E-state index is 12.7. The molecule has 9 nitrogen and oxygen atoms in total. The molecule has 0 unspecified atom stereocenters. The van der Waals surface area contributed by atoms with Crippen molar-refractivity contribution in [1.29, 1.82) is 0 Å². The van der Waals surface area contributed by atoms with Gasteiger partial charge in [-0.2, -0.15) is 0 Å². The molecule has 0 radical (unpaired) electrons. The Labute approximate surface area is 179 Å². The average Bonchev–Trinajstić information content (AvgIpc) is 2.84. The topological polar surface area (TPSA) is 102 Å². The maximum Gasteiger partial charge on any atom is 0.270 e. The fourth-order valence-corrected chi connectivity index (χ4v) is 3.50. The molecule has 0 spiro atoms. The van der Waals surface area contributed by atoms with Crippen LogP contribution in [0.25, 0.3) is 11.3 Å². The number of nitrogens with zero attached hydrogens (tertiary/aromatic N) is 5. The molecule has 4 rings (SSSR count). The van der Waals surface area contributed by atoms with Crippen LogP contribution in [-0.4, -0.2) is 59.2 Å². The SMILES string of the molecule is COc1cccc(-c2ccc(N3CCN(C(=O)c4cccc([N+](=O)[O-])c4)CC3)nn2)c1. The van der Waals surface area contributed by atoms with E-state index in [0.29, 0.717) is 31.7 Å². The largest absolute Gasteiger partial charge is 0.497 e. The van der Waals surface area contributed by atoms with Crippen LogP contribution in [0.1, 0.15) is 10.4 Å². The number of hydrogen-bond acceptors (Lipinski definition) is 7. The molecule has 0 N–H and O–H groups in total. The average molecular weight is 419 g/mol. The van der Waals surface area contributed by atoms with Gasteiger partial charge in [-0.15, -0.1) is 10.2 Å². The summed E-state index contributed by atoms with van der Waals surface area (Å²) in [6.45, 7) is 2.21. The van der Waals surface area contributed by atoms with Crippen molar-refractivity contribution in [3.63, 3.8) is 0 Å². The summed E-state index contributed by atoms with van der Waals surface area (Å²) in [5, 5.41) is 19.6. The third-order valence-electron chi connectivity index (χ3n) is 5.21. The summed E-state index contributed by atoms with van der Waals surface area (Å²) in [5.74, 6) is 1.30. The van der Waals surface area contributed by atoms with E-state index in [1.54, 1.807) is 18.1 Å². The fraction of sp³-hybridized carbons (Fsp3) is 0.227. The van der Waals surface area contributed by atoms with Gasteiger partial charge in [0, 0.05) is 49.4 Å². The molecule has 0 aliphatic carbocycles. The summed E-state index contributed by atoms with van der Waals surface area (Å²) in [7, 11) is 1.62. The van der Waals surface area contributed by atoms with Crippen molar-refractivity contribution in [3.8, 4) is 17.0 Å². The van der Waals surface area contributed by atoms with Crippen molar-refractivity contribution in [1.82, 2.24) is 15.1 Å². The summed E-state index contributed by atoms with van der Waals surface area (Å²) < 4.78 is 5.25. The van der Waals surface area contributed by atoms with Crippen LogP contribution >= 0.6 is 0 Å². The summed E-state index contributed by atoms with van der Waals surface area (Å²) in [4.78, 5) is 26.9. The number of carbonyl (C=O) groups is 1. The van der Waals surface area contributed by atoms with E-state index in [1.165, 1.54) is 18.2 Å². The molecule has 1 aliphatic rings. The first-order valence-electron chi connectivity index (χ1n) is 9.82. The molecule has 1 fully saturated rings. The molecule has 3 aromatic rings. The minimum Gasteiger partial charge on any atom is -0.497 e. The predicted molar refractivity (Wildman–Crippen MR) is 115 cm³/mol. The minimum absolute atomic E-state index is 0.0871. The normalized spacial score (nSPS) is 13.7. The second-order valence-electron chi connectivity index (χ2n) is 7.10. The van der Waals surface area contributed by atoms with Gasteiger partial charge >= 0.3 is 0 Å². The summed E-state index contributed by atoms with van der Waals surface area (Å²) in [6.07, 6.45) is 0. The lowest BCUT2D eigenvalue weighted by atomic mass is 10.1. The number of piperazine rings is 1. The van der Waals surface area contributed by atoms with Gasteiger partial charge in [0.05, 0.1) is 17.7 Å². The van der Waals surface area contributed by atoms with E-state index >= 15 is 0 Å². The first kappa shape index (κ1) is 20.3. The molecule has 31 heavy (non-hydrogen) atoms. The molecule has 0 saturated carbocycles. The van der Waals surface area contributed by atoms with Gasteiger partial charge in [0.1, 0.15) is 5.75 Å². The highest BCUT2D eigenvalue weighted by Crippen LogP contribution is 2.23. The molecule has 1 aromatic heterocycles. The first-order chi connectivity index (χ1) is 15.0. The Morgan fingerprint density at radius 1 is 1.00 bits per heavy atom. The van der Waals surface area contributed by atoms with Gasteiger partial charge in [0.2, 0.25) is 0 Å². The molecule has 0 atom stereocenters. The summed E-state index contributed by atoms with van der Waals surface area (Å²) in [5.41, 5.74) is 1.91. The highest BCUT2D eigenvalue weighted by atomic mass is 16.6. The number of hydrogen-bond donors (Lipinski definition) is 0. The molecule has 158 valence electrons. The Hall–Kier alpha value is -4.01. The highest BCUT2D eigenvalue weighted by Gasteiger charge is 2.24. The minimum atomic E-state index is -0.497. The van der Waals surface area contributed by atoms with Gasteiger partial charge in [0.25, 0.3) is 11.6 Å². The number of non-ortho nitro benzene ring substituents is 1. The van der Waals surface area contributed by atoms with E-state index in [2.05, 4.69) is 15.1 Å². The number of nitro benzene ring substituents is 1. The molecule has 0 bridgehead atoms. The number of rotatable bonds is 5. The molecule has 1 amide bonds. The van der Waals surface area contributed by atoms with Crippen molar-refractivity contribution in [2.75, 3.05) is 38.2 Å². The Balaban J connectivity index is 1.40. The van der Waals surface area contributed by atoms with Crippen LogP contribution in [0.4, 0.5) is 11.5 Å². The lowest BCUT2D eigenvalue weighted by molar-refractivity contribution is -0.384. The number of amides is 1. The van der Waals surface area contributed by atoms with E-state index in [1.807, 2.05) is 36.4 Å². The third-order valence-corrected chi connectivity index (χ3v) is 5.21. The lowest BCUT2D eigenvalue weighted by Crippen LogP contribution is -2.49. The zero-order valence-electron chi connectivity index (χ0n) is 17.0. The monoisotopic (exact) mass is 419 g/mol. The molecule has 2 heterocycles. The van der Waals surface area contributed by atoms with Gasteiger partial charge in [-0.25, -0.2) is 0 Å². The number of carbonyl (C=O) groups excluding carboxylic acids is 1. The quantitative estimate of drug-likeness (QED) is 0.463. The number of ether oxygens (including phenoxy) is 1. The summed E-state index contributed by atoms with van der Waals surface area (Å²) >= 11 is 0. The van der Waals surface area contributed by atoms with Crippen LogP contribution in [0.2, 0.25) is 0 Å². The Morgan fingerprint density at radius 3 is 2.45 bits per heavy atom. The molecular weight excluding hydrogens is 398 g/mol.